The summed E-state index contributed by atoms with van der Waals surface area (Å²) in [5.41, 5.74) is 0. The van der Waals surface area contributed by atoms with E-state index in [9.17, 15) is 0 Å². The van der Waals surface area contributed by atoms with Gasteiger partial charge in [-0.05, 0) is 30.9 Å². The maximum absolute atomic E-state index is 9.10. The number of para-hydroxylation sites is 1. The van der Waals surface area contributed by atoms with E-state index >= 15 is 0 Å². The Morgan fingerprint density at radius 3 is 2.53 bits per heavy atom. The van der Waals surface area contributed by atoms with Gasteiger partial charge in [-0.25, -0.2) is 0 Å². The molecule has 0 saturated heterocycles. The Kier molecular flexibility index (Phi) is 5.86. The van der Waals surface area contributed by atoms with Gasteiger partial charge in [0.2, 0.25) is 0 Å². The van der Waals surface area contributed by atoms with E-state index in [0.29, 0.717) is 12.5 Å². The molecule has 15 heavy (non-hydrogen) atoms. The number of benzene rings is 1. The third kappa shape index (κ3) is 4.84. The van der Waals surface area contributed by atoms with Crippen molar-refractivity contribution in [1.29, 1.82) is 0 Å². The zero-order valence-corrected chi connectivity index (χ0v) is 9.36. The molecule has 0 aliphatic heterocycles. The van der Waals surface area contributed by atoms with Crippen molar-refractivity contribution in [2.45, 2.75) is 26.2 Å². The van der Waals surface area contributed by atoms with Gasteiger partial charge in [-0.2, -0.15) is 0 Å². The van der Waals surface area contributed by atoms with Crippen molar-refractivity contribution in [3.63, 3.8) is 0 Å². The molecule has 0 aliphatic rings. The fraction of sp³-hybridized carbons (Fsp3) is 0.538. The molecule has 1 aromatic rings. The number of rotatable bonds is 7. The molecule has 0 saturated carbocycles. The van der Waals surface area contributed by atoms with Gasteiger partial charge in [0.1, 0.15) is 5.75 Å². The molecule has 84 valence electrons. The molecule has 1 unspecified atom stereocenters. The van der Waals surface area contributed by atoms with Crippen molar-refractivity contribution in [3.8, 4) is 5.75 Å². The van der Waals surface area contributed by atoms with Gasteiger partial charge in [0.05, 0.1) is 6.61 Å². The lowest BCUT2D eigenvalue weighted by molar-refractivity contribution is 0.183. The number of hydrogen-bond acceptors (Lipinski definition) is 2. The topological polar surface area (TPSA) is 29.5 Å². The Labute approximate surface area is 91.9 Å². The molecule has 0 radical (unpaired) electrons. The van der Waals surface area contributed by atoms with E-state index in [-0.39, 0.29) is 6.61 Å². The summed E-state index contributed by atoms with van der Waals surface area (Å²) in [6, 6.07) is 9.80. The molecule has 0 aromatic heterocycles. The third-order valence-electron chi connectivity index (χ3n) is 2.49. The Balaban J connectivity index is 2.20. The lowest BCUT2D eigenvalue weighted by atomic mass is 10.0. The van der Waals surface area contributed by atoms with Crippen LogP contribution in [0.5, 0.6) is 5.75 Å². The van der Waals surface area contributed by atoms with Gasteiger partial charge in [0, 0.05) is 6.61 Å². The standard InChI is InChI=1S/C13H20O2/c1-2-6-12(11-14)9-10-15-13-7-4-3-5-8-13/h3-5,7-8,12,14H,2,6,9-11H2,1H3. The predicted octanol–water partition coefficient (Wildman–Crippen LogP) is 2.86. The highest BCUT2D eigenvalue weighted by molar-refractivity contribution is 5.20. The first kappa shape index (κ1) is 12.1. The summed E-state index contributed by atoms with van der Waals surface area (Å²) in [6.45, 7) is 3.10. The number of aliphatic hydroxyl groups is 1. The molecule has 1 atom stereocenters. The summed E-state index contributed by atoms with van der Waals surface area (Å²) < 4.78 is 5.57. The van der Waals surface area contributed by atoms with Crippen molar-refractivity contribution in [3.05, 3.63) is 30.3 Å². The molecule has 0 heterocycles. The Bertz CT molecular complexity index is 246. The van der Waals surface area contributed by atoms with E-state index in [4.69, 9.17) is 9.84 Å². The molecule has 1 N–H and O–H groups in total. The first-order valence-electron chi connectivity index (χ1n) is 5.65. The van der Waals surface area contributed by atoms with Crippen molar-refractivity contribution in [2.75, 3.05) is 13.2 Å². The zero-order chi connectivity index (χ0) is 10.9. The van der Waals surface area contributed by atoms with E-state index in [2.05, 4.69) is 6.92 Å². The molecular formula is C13H20O2. The van der Waals surface area contributed by atoms with E-state index in [1.165, 1.54) is 0 Å². The summed E-state index contributed by atoms with van der Waals surface area (Å²) in [4.78, 5) is 0. The highest BCUT2D eigenvalue weighted by atomic mass is 16.5. The van der Waals surface area contributed by atoms with Gasteiger partial charge in [-0.1, -0.05) is 31.5 Å². The summed E-state index contributed by atoms with van der Waals surface area (Å²) in [5.74, 6) is 1.30. The van der Waals surface area contributed by atoms with Gasteiger partial charge in [-0.3, -0.25) is 0 Å². The van der Waals surface area contributed by atoms with Crippen LogP contribution in [0.4, 0.5) is 0 Å². The molecule has 0 amide bonds. The first-order chi connectivity index (χ1) is 7.36. The van der Waals surface area contributed by atoms with Crippen molar-refractivity contribution >= 4 is 0 Å². The smallest absolute Gasteiger partial charge is 0.119 e. The van der Waals surface area contributed by atoms with Crippen molar-refractivity contribution in [2.24, 2.45) is 5.92 Å². The zero-order valence-electron chi connectivity index (χ0n) is 9.36. The van der Waals surface area contributed by atoms with E-state index in [1.807, 2.05) is 30.3 Å². The molecule has 0 bridgehead atoms. The minimum absolute atomic E-state index is 0.270. The fourth-order valence-electron chi connectivity index (χ4n) is 1.60. The Morgan fingerprint density at radius 1 is 1.20 bits per heavy atom. The van der Waals surface area contributed by atoms with E-state index in [0.717, 1.165) is 25.0 Å². The van der Waals surface area contributed by atoms with Crippen LogP contribution >= 0.6 is 0 Å². The maximum Gasteiger partial charge on any atom is 0.119 e. The molecule has 0 fully saturated rings. The van der Waals surface area contributed by atoms with E-state index in [1.54, 1.807) is 0 Å². The molecule has 1 rings (SSSR count). The van der Waals surface area contributed by atoms with Crippen LogP contribution in [0.2, 0.25) is 0 Å². The van der Waals surface area contributed by atoms with Crippen LogP contribution in [0, 0.1) is 5.92 Å². The molecule has 0 spiro atoms. The summed E-state index contributed by atoms with van der Waals surface area (Å²) >= 11 is 0. The quantitative estimate of drug-likeness (QED) is 0.746. The maximum atomic E-state index is 9.10. The van der Waals surface area contributed by atoms with Crippen LogP contribution in [-0.4, -0.2) is 18.3 Å². The van der Waals surface area contributed by atoms with Crippen LogP contribution in [0.15, 0.2) is 30.3 Å². The van der Waals surface area contributed by atoms with Gasteiger partial charge < -0.3 is 9.84 Å². The normalized spacial score (nSPS) is 12.4. The average molecular weight is 208 g/mol. The summed E-state index contributed by atoms with van der Waals surface area (Å²) in [6.07, 6.45) is 3.13. The Hall–Kier alpha value is -1.02. The number of ether oxygens (including phenoxy) is 1. The van der Waals surface area contributed by atoms with Crippen molar-refractivity contribution in [1.82, 2.24) is 0 Å². The largest absolute Gasteiger partial charge is 0.494 e. The van der Waals surface area contributed by atoms with Crippen molar-refractivity contribution < 1.29 is 9.84 Å². The Morgan fingerprint density at radius 2 is 1.93 bits per heavy atom. The van der Waals surface area contributed by atoms with Gasteiger partial charge >= 0.3 is 0 Å². The van der Waals surface area contributed by atoms with Gasteiger partial charge in [0.15, 0.2) is 0 Å². The second kappa shape index (κ2) is 7.30. The highest BCUT2D eigenvalue weighted by Gasteiger charge is 2.05. The predicted molar refractivity (Wildman–Crippen MR) is 62.0 cm³/mol. The monoisotopic (exact) mass is 208 g/mol. The van der Waals surface area contributed by atoms with Crippen LogP contribution in [0.1, 0.15) is 26.2 Å². The highest BCUT2D eigenvalue weighted by Crippen LogP contribution is 2.13. The molecular weight excluding hydrogens is 188 g/mol. The number of hydrogen-bond donors (Lipinski definition) is 1. The minimum atomic E-state index is 0.270. The van der Waals surface area contributed by atoms with Gasteiger partial charge in [-0.15, -0.1) is 0 Å². The van der Waals surface area contributed by atoms with Crippen LogP contribution in [-0.2, 0) is 0 Å². The third-order valence-corrected chi connectivity index (χ3v) is 2.49. The first-order valence-corrected chi connectivity index (χ1v) is 5.65. The van der Waals surface area contributed by atoms with Crippen LogP contribution < -0.4 is 4.74 Å². The fourth-order valence-corrected chi connectivity index (χ4v) is 1.60. The molecule has 2 heteroatoms. The SMILES string of the molecule is CCCC(CO)CCOc1ccccc1. The molecule has 0 aliphatic carbocycles. The average Bonchev–Trinajstić information content (AvgIpc) is 2.29. The van der Waals surface area contributed by atoms with E-state index < -0.39 is 0 Å². The van der Waals surface area contributed by atoms with Crippen LogP contribution in [0.3, 0.4) is 0 Å². The lowest BCUT2D eigenvalue weighted by Gasteiger charge is -2.13. The summed E-state index contributed by atoms with van der Waals surface area (Å²) in [5, 5.41) is 9.10. The second-order valence-electron chi connectivity index (χ2n) is 3.79. The number of aliphatic hydroxyl groups excluding tert-OH is 1. The minimum Gasteiger partial charge on any atom is -0.494 e. The van der Waals surface area contributed by atoms with Gasteiger partial charge in [0.25, 0.3) is 0 Å². The second-order valence-corrected chi connectivity index (χ2v) is 3.79. The molecule has 2 nitrogen and oxygen atoms in total. The summed E-state index contributed by atoms with van der Waals surface area (Å²) in [7, 11) is 0. The van der Waals surface area contributed by atoms with Crippen LogP contribution in [0.25, 0.3) is 0 Å². The lowest BCUT2D eigenvalue weighted by Crippen LogP contribution is -2.10. The molecule has 1 aromatic carbocycles.